The molecule has 2 atom stereocenters. The van der Waals surface area contributed by atoms with E-state index in [4.69, 9.17) is 4.74 Å². The monoisotopic (exact) mass is 247 g/mol. The quantitative estimate of drug-likeness (QED) is 0.877. The lowest BCUT2D eigenvalue weighted by atomic mass is 10.0. The second-order valence-electron chi connectivity index (χ2n) is 6.08. The first-order chi connectivity index (χ1) is 8.46. The van der Waals surface area contributed by atoms with Crippen LogP contribution in [-0.2, 0) is 4.74 Å². The van der Waals surface area contributed by atoms with Crippen molar-refractivity contribution in [1.29, 1.82) is 0 Å². The fourth-order valence-electron chi connectivity index (χ4n) is 2.59. The number of hydrogen-bond donors (Lipinski definition) is 1. The Bertz CT molecular complexity index is 400. The molecule has 0 radical (unpaired) electrons. The Morgan fingerprint density at radius 1 is 1.44 bits per heavy atom. The van der Waals surface area contributed by atoms with Gasteiger partial charge in [0, 0.05) is 12.6 Å². The highest BCUT2D eigenvalue weighted by atomic mass is 16.5. The van der Waals surface area contributed by atoms with E-state index < -0.39 is 0 Å². The molecule has 1 aliphatic heterocycles. The highest BCUT2D eigenvalue weighted by Gasteiger charge is 2.31. The van der Waals surface area contributed by atoms with Crippen LogP contribution in [0.4, 0.5) is 0 Å². The van der Waals surface area contributed by atoms with Crippen LogP contribution in [-0.4, -0.2) is 18.2 Å². The minimum absolute atomic E-state index is 0.0684. The van der Waals surface area contributed by atoms with Crippen molar-refractivity contribution < 1.29 is 4.74 Å². The summed E-state index contributed by atoms with van der Waals surface area (Å²) in [6.07, 6.45) is 2.70. The summed E-state index contributed by atoms with van der Waals surface area (Å²) in [7, 11) is 0. The molecular weight excluding hydrogens is 222 g/mol. The van der Waals surface area contributed by atoms with Gasteiger partial charge in [-0.1, -0.05) is 29.8 Å². The van der Waals surface area contributed by atoms with Crippen molar-refractivity contribution in [3.63, 3.8) is 0 Å². The van der Waals surface area contributed by atoms with Crippen molar-refractivity contribution in [3.8, 4) is 0 Å². The Balaban J connectivity index is 1.84. The zero-order valence-corrected chi connectivity index (χ0v) is 12.0. The minimum Gasteiger partial charge on any atom is -0.371 e. The molecular formula is C16H25NO. The van der Waals surface area contributed by atoms with E-state index in [2.05, 4.69) is 57.3 Å². The number of hydrogen-bond acceptors (Lipinski definition) is 2. The van der Waals surface area contributed by atoms with Crippen molar-refractivity contribution in [3.05, 3.63) is 35.4 Å². The number of nitrogens with one attached hydrogen (secondary N) is 1. The van der Waals surface area contributed by atoms with E-state index in [1.807, 2.05) is 0 Å². The first kappa shape index (κ1) is 13.6. The molecule has 1 aromatic rings. The summed E-state index contributed by atoms with van der Waals surface area (Å²) < 4.78 is 6.00. The van der Waals surface area contributed by atoms with Crippen LogP contribution in [0.1, 0.15) is 50.8 Å². The zero-order chi connectivity index (χ0) is 13.2. The molecule has 0 amide bonds. The third-order valence-corrected chi connectivity index (χ3v) is 3.75. The van der Waals surface area contributed by atoms with Crippen LogP contribution in [0.2, 0.25) is 0 Å². The standard InChI is InChI=1S/C16H25NO/c1-12-6-5-7-14(10-12)13(2)17-11-15-8-9-16(3,4)18-15/h5-7,10,13,15,17H,8-9,11H2,1-4H3/t13-,15?/m0/s1. The van der Waals surface area contributed by atoms with Gasteiger partial charge in [0.25, 0.3) is 0 Å². The van der Waals surface area contributed by atoms with Gasteiger partial charge < -0.3 is 10.1 Å². The SMILES string of the molecule is Cc1cccc([C@H](C)NCC2CCC(C)(C)O2)c1. The molecule has 1 heterocycles. The molecule has 0 aromatic heterocycles. The normalized spacial score (nSPS) is 24.1. The maximum Gasteiger partial charge on any atom is 0.0708 e. The maximum atomic E-state index is 6.00. The van der Waals surface area contributed by atoms with Crippen LogP contribution >= 0.6 is 0 Å². The second kappa shape index (κ2) is 5.41. The lowest BCUT2D eigenvalue weighted by Crippen LogP contribution is -2.31. The molecule has 1 aromatic carbocycles. The van der Waals surface area contributed by atoms with E-state index in [0.717, 1.165) is 13.0 Å². The Hall–Kier alpha value is -0.860. The molecule has 1 N–H and O–H groups in total. The van der Waals surface area contributed by atoms with E-state index in [-0.39, 0.29) is 5.60 Å². The van der Waals surface area contributed by atoms with Gasteiger partial charge in [0.15, 0.2) is 0 Å². The maximum absolute atomic E-state index is 6.00. The van der Waals surface area contributed by atoms with Gasteiger partial charge in [-0.15, -0.1) is 0 Å². The predicted octanol–water partition coefficient (Wildman–Crippen LogP) is 3.60. The van der Waals surface area contributed by atoms with Gasteiger partial charge in [0.1, 0.15) is 0 Å². The van der Waals surface area contributed by atoms with Gasteiger partial charge in [-0.05, 0) is 46.1 Å². The smallest absolute Gasteiger partial charge is 0.0708 e. The average molecular weight is 247 g/mol. The topological polar surface area (TPSA) is 21.3 Å². The Kier molecular flexibility index (Phi) is 4.08. The van der Waals surface area contributed by atoms with Crippen LogP contribution in [0, 0.1) is 6.92 Å². The molecule has 1 unspecified atom stereocenters. The fraction of sp³-hybridized carbons (Fsp3) is 0.625. The number of benzene rings is 1. The molecule has 2 nitrogen and oxygen atoms in total. The summed E-state index contributed by atoms with van der Waals surface area (Å²) in [5.41, 5.74) is 2.74. The summed E-state index contributed by atoms with van der Waals surface area (Å²) in [5, 5.41) is 3.58. The molecule has 1 saturated heterocycles. The fourth-order valence-corrected chi connectivity index (χ4v) is 2.59. The molecule has 0 aliphatic carbocycles. The van der Waals surface area contributed by atoms with Gasteiger partial charge in [0.2, 0.25) is 0 Å². The molecule has 1 aliphatic rings. The van der Waals surface area contributed by atoms with Crippen molar-refractivity contribution >= 4 is 0 Å². The predicted molar refractivity (Wildman–Crippen MR) is 75.8 cm³/mol. The lowest BCUT2D eigenvalue weighted by Gasteiger charge is -2.21. The molecule has 18 heavy (non-hydrogen) atoms. The van der Waals surface area contributed by atoms with Gasteiger partial charge in [-0.2, -0.15) is 0 Å². The van der Waals surface area contributed by atoms with Crippen LogP contribution in [0.15, 0.2) is 24.3 Å². The highest BCUT2D eigenvalue weighted by molar-refractivity contribution is 5.24. The molecule has 0 spiro atoms. The number of aryl methyl sites for hydroxylation is 1. The number of ether oxygens (including phenoxy) is 1. The van der Waals surface area contributed by atoms with Gasteiger partial charge in [-0.25, -0.2) is 0 Å². The average Bonchev–Trinajstić information content (AvgIpc) is 2.66. The van der Waals surface area contributed by atoms with Gasteiger partial charge in [-0.3, -0.25) is 0 Å². The molecule has 2 heteroatoms. The second-order valence-corrected chi connectivity index (χ2v) is 6.08. The molecule has 1 fully saturated rings. The van der Waals surface area contributed by atoms with Crippen molar-refractivity contribution in [1.82, 2.24) is 5.32 Å². The van der Waals surface area contributed by atoms with Gasteiger partial charge in [0.05, 0.1) is 11.7 Å². The lowest BCUT2D eigenvalue weighted by molar-refractivity contribution is -0.0150. The summed E-state index contributed by atoms with van der Waals surface area (Å²) in [6.45, 7) is 9.65. The van der Waals surface area contributed by atoms with Crippen molar-refractivity contribution in [2.24, 2.45) is 0 Å². The molecule has 100 valence electrons. The van der Waals surface area contributed by atoms with E-state index in [1.165, 1.54) is 17.5 Å². The highest BCUT2D eigenvalue weighted by Crippen LogP contribution is 2.29. The van der Waals surface area contributed by atoms with Crippen LogP contribution < -0.4 is 5.32 Å². The van der Waals surface area contributed by atoms with Crippen LogP contribution in [0.25, 0.3) is 0 Å². The van der Waals surface area contributed by atoms with Gasteiger partial charge >= 0.3 is 0 Å². The Morgan fingerprint density at radius 2 is 2.22 bits per heavy atom. The summed E-state index contributed by atoms with van der Waals surface area (Å²) >= 11 is 0. The van der Waals surface area contributed by atoms with E-state index in [9.17, 15) is 0 Å². The molecule has 2 rings (SSSR count). The summed E-state index contributed by atoms with van der Waals surface area (Å²) in [6, 6.07) is 9.08. The Morgan fingerprint density at radius 3 is 2.83 bits per heavy atom. The van der Waals surface area contributed by atoms with E-state index in [0.29, 0.717) is 12.1 Å². The van der Waals surface area contributed by atoms with Crippen LogP contribution in [0.5, 0.6) is 0 Å². The largest absolute Gasteiger partial charge is 0.371 e. The zero-order valence-electron chi connectivity index (χ0n) is 12.0. The van der Waals surface area contributed by atoms with E-state index in [1.54, 1.807) is 0 Å². The van der Waals surface area contributed by atoms with E-state index >= 15 is 0 Å². The third kappa shape index (κ3) is 3.56. The summed E-state index contributed by atoms with van der Waals surface area (Å²) in [5.74, 6) is 0. The molecule has 0 saturated carbocycles. The first-order valence-corrected chi connectivity index (χ1v) is 6.94. The Labute approximate surface area is 111 Å². The third-order valence-electron chi connectivity index (χ3n) is 3.75. The van der Waals surface area contributed by atoms with Crippen molar-refractivity contribution in [2.45, 2.75) is 58.3 Å². The minimum atomic E-state index is 0.0684. The first-order valence-electron chi connectivity index (χ1n) is 6.94. The summed E-state index contributed by atoms with van der Waals surface area (Å²) in [4.78, 5) is 0. The van der Waals surface area contributed by atoms with Crippen molar-refractivity contribution in [2.75, 3.05) is 6.54 Å². The number of rotatable bonds is 4. The van der Waals surface area contributed by atoms with Crippen LogP contribution in [0.3, 0.4) is 0 Å². The molecule has 0 bridgehead atoms.